The van der Waals surface area contributed by atoms with Gasteiger partial charge in [0.25, 0.3) is 0 Å². The topological polar surface area (TPSA) is 55.7 Å². The summed E-state index contributed by atoms with van der Waals surface area (Å²) in [6.07, 6.45) is 2.39. The van der Waals surface area contributed by atoms with Gasteiger partial charge in [-0.15, -0.1) is 0 Å². The minimum Gasteiger partial charge on any atom is -0.508 e. The van der Waals surface area contributed by atoms with E-state index in [4.69, 9.17) is 0 Å². The van der Waals surface area contributed by atoms with Crippen LogP contribution in [0.2, 0.25) is 0 Å². The molecule has 1 aliphatic heterocycles. The highest BCUT2D eigenvalue weighted by Crippen LogP contribution is 2.29. The van der Waals surface area contributed by atoms with Crippen LogP contribution in [-0.2, 0) is 0 Å². The molecule has 2 unspecified atom stereocenters. The number of rotatable bonds is 3. The molecule has 0 radical (unpaired) electrons. The number of aromatic hydroxyl groups is 2. The van der Waals surface area contributed by atoms with Gasteiger partial charge in [0.15, 0.2) is 0 Å². The minimum atomic E-state index is 0.124. The van der Waals surface area contributed by atoms with Gasteiger partial charge in [0, 0.05) is 24.7 Å². The van der Waals surface area contributed by atoms with Crippen LogP contribution in [-0.4, -0.2) is 41.3 Å². The van der Waals surface area contributed by atoms with Gasteiger partial charge in [0.2, 0.25) is 0 Å². The van der Waals surface area contributed by atoms with E-state index in [0.717, 1.165) is 18.7 Å². The molecule has 1 heterocycles. The molecule has 4 heteroatoms. The summed E-state index contributed by atoms with van der Waals surface area (Å²) in [4.78, 5) is 2.39. The molecule has 100 valence electrons. The second-order valence-corrected chi connectivity index (χ2v) is 5.08. The van der Waals surface area contributed by atoms with Crippen molar-refractivity contribution in [2.75, 3.05) is 20.1 Å². The molecule has 0 bridgehead atoms. The van der Waals surface area contributed by atoms with Gasteiger partial charge in [0.1, 0.15) is 11.5 Å². The molecular formula is C14H22N2O2. The zero-order chi connectivity index (χ0) is 13.1. The number of benzene rings is 1. The number of phenols is 2. The third kappa shape index (κ3) is 2.94. The van der Waals surface area contributed by atoms with Crippen LogP contribution in [0, 0.1) is 0 Å². The molecule has 0 aliphatic carbocycles. The predicted octanol–water partition coefficient (Wildman–Crippen LogP) is 1.84. The van der Waals surface area contributed by atoms with Crippen molar-refractivity contribution >= 4 is 0 Å². The summed E-state index contributed by atoms with van der Waals surface area (Å²) >= 11 is 0. The van der Waals surface area contributed by atoms with E-state index in [-0.39, 0.29) is 17.5 Å². The van der Waals surface area contributed by atoms with Crippen molar-refractivity contribution in [2.45, 2.75) is 31.8 Å². The Morgan fingerprint density at radius 1 is 1.28 bits per heavy atom. The molecular weight excluding hydrogens is 228 g/mol. The summed E-state index contributed by atoms with van der Waals surface area (Å²) in [6, 6.07) is 5.56. The second-order valence-electron chi connectivity index (χ2n) is 5.08. The van der Waals surface area contributed by atoms with Crippen LogP contribution < -0.4 is 5.32 Å². The summed E-state index contributed by atoms with van der Waals surface area (Å²) in [7, 11) is 2.00. The first-order valence-corrected chi connectivity index (χ1v) is 6.54. The fraction of sp³-hybridized carbons (Fsp3) is 0.571. The van der Waals surface area contributed by atoms with Crippen LogP contribution in [0.5, 0.6) is 11.5 Å². The summed E-state index contributed by atoms with van der Waals surface area (Å²) in [6.45, 7) is 4.19. The zero-order valence-electron chi connectivity index (χ0n) is 11.1. The van der Waals surface area contributed by atoms with Crippen molar-refractivity contribution in [1.82, 2.24) is 10.2 Å². The van der Waals surface area contributed by atoms with Crippen molar-refractivity contribution in [3.8, 4) is 11.5 Å². The lowest BCUT2D eigenvalue weighted by Crippen LogP contribution is -2.45. The molecule has 2 rings (SSSR count). The average Bonchev–Trinajstić information content (AvgIpc) is 2.37. The van der Waals surface area contributed by atoms with Gasteiger partial charge in [-0.05, 0) is 51.1 Å². The number of nitrogens with zero attached hydrogens (tertiary/aromatic N) is 1. The molecule has 0 aromatic heterocycles. The van der Waals surface area contributed by atoms with Gasteiger partial charge in [-0.1, -0.05) is 0 Å². The largest absolute Gasteiger partial charge is 0.508 e. The number of phenolic OH excluding ortho intramolecular Hbond substituents is 2. The Hall–Kier alpha value is -1.26. The maximum absolute atomic E-state index is 9.55. The van der Waals surface area contributed by atoms with E-state index >= 15 is 0 Å². The maximum atomic E-state index is 9.55. The molecule has 0 saturated carbocycles. The van der Waals surface area contributed by atoms with Crippen molar-refractivity contribution < 1.29 is 10.2 Å². The monoisotopic (exact) mass is 250 g/mol. The van der Waals surface area contributed by atoms with E-state index in [1.54, 1.807) is 12.1 Å². The number of piperidine rings is 1. The highest BCUT2D eigenvalue weighted by molar-refractivity contribution is 5.38. The summed E-state index contributed by atoms with van der Waals surface area (Å²) in [5.74, 6) is 0.248. The van der Waals surface area contributed by atoms with Crippen molar-refractivity contribution in [3.05, 3.63) is 23.8 Å². The van der Waals surface area contributed by atoms with E-state index in [1.807, 2.05) is 7.05 Å². The van der Waals surface area contributed by atoms with Gasteiger partial charge < -0.3 is 15.5 Å². The summed E-state index contributed by atoms with van der Waals surface area (Å²) in [5, 5.41) is 22.4. The molecule has 1 fully saturated rings. The van der Waals surface area contributed by atoms with Crippen molar-refractivity contribution in [2.24, 2.45) is 0 Å². The van der Waals surface area contributed by atoms with Crippen LogP contribution in [0.1, 0.15) is 31.4 Å². The molecule has 1 saturated heterocycles. The quantitative estimate of drug-likeness (QED) is 0.766. The summed E-state index contributed by atoms with van der Waals surface area (Å²) < 4.78 is 0. The molecule has 0 spiro atoms. The number of likely N-dealkylation sites (tertiary alicyclic amines) is 1. The Bertz CT molecular complexity index is 389. The highest BCUT2D eigenvalue weighted by atomic mass is 16.3. The number of likely N-dealkylation sites (N-methyl/N-ethyl adjacent to an activating group) is 1. The lowest BCUT2D eigenvalue weighted by molar-refractivity contribution is 0.149. The molecule has 18 heavy (non-hydrogen) atoms. The first kappa shape index (κ1) is 13.2. The molecule has 2 atom stereocenters. The fourth-order valence-electron chi connectivity index (χ4n) is 2.66. The van der Waals surface area contributed by atoms with Crippen LogP contribution in [0.15, 0.2) is 18.2 Å². The van der Waals surface area contributed by atoms with E-state index in [9.17, 15) is 10.2 Å². The normalized spacial score (nSPS) is 22.9. The standard InChI is InChI=1S/C14H22N2O2/c1-10(11-6-13(17)8-14(18)7-11)16-5-3-4-12(9-16)15-2/h6-8,10,12,15,17-18H,3-5,9H2,1-2H3. The molecule has 1 aliphatic rings. The lowest BCUT2D eigenvalue weighted by Gasteiger charge is -2.37. The molecule has 1 aromatic rings. The fourth-order valence-corrected chi connectivity index (χ4v) is 2.66. The number of hydrogen-bond donors (Lipinski definition) is 3. The van der Waals surface area contributed by atoms with Crippen molar-refractivity contribution in [1.29, 1.82) is 0 Å². The van der Waals surface area contributed by atoms with E-state index in [1.165, 1.54) is 18.9 Å². The Balaban J connectivity index is 2.12. The number of nitrogens with one attached hydrogen (secondary N) is 1. The predicted molar refractivity (Wildman–Crippen MR) is 71.8 cm³/mol. The second kappa shape index (κ2) is 5.59. The first-order chi connectivity index (χ1) is 8.60. The average molecular weight is 250 g/mol. The Labute approximate surface area is 108 Å². The third-order valence-electron chi connectivity index (χ3n) is 3.82. The molecule has 0 amide bonds. The lowest BCUT2D eigenvalue weighted by atomic mass is 10.00. The Morgan fingerprint density at radius 2 is 1.94 bits per heavy atom. The molecule has 3 N–H and O–H groups in total. The maximum Gasteiger partial charge on any atom is 0.119 e. The van der Waals surface area contributed by atoms with Gasteiger partial charge in [-0.25, -0.2) is 0 Å². The number of hydrogen-bond acceptors (Lipinski definition) is 4. The van der Waals surface area contributed by atoms with Crippen molar-refractivity contribution in [3.63, 3.8) is 0 Å². The van der Waals surface area contributed by atoms with Crippen LogP contribution >= 0.6 is 0 Å². The SMILES string of the molecule is CNC1CCCN(C(C)c2cc(O)cc(O)c2)C1. The van der Waals surface area contributed by atoms with Crippen LogP contribution in [0.3, 0.4) is 0 Å². The van der Waals surface area contributed by atoms with Gasteiger partial charge in [-0.2, -0.15) is 0 Å². The third-order valence-corrected chi connectivity index (χ3v) is 3.82. The molecule has 4 nitrogen and oxygen atoms in total. The van der Waals surface area contributed by atoms with Crippen LogP contribution in [0.4, 0.5) is 0 Å². The van der Waals surface area contributed by atoms with Gasteiger partial charge >= 0.3 is 0 Å². The Kier molecular flexibility index (Phi) is 4.09. The van der Waals surface area contributed by atoms with Crippen LogP contribution in [0.25, 0.3) is 0 Å². The van der Waals surface area contributed by atoms with Gasteiger partial charge in [-0.3, -0.25) is 4.90 Å². The molecule has 1 aromatic carbocycles. The van der Waals surface area contributed by atoms with E-state index in [0.29, 0.717) is 6.04 Å². The highest BCUT2D eigenvalue weighted by Gasteiger charge is 2.23. The van der Waals surface area contributed by atoms with Gasteiger partial charge in [0.05, 0.1) is 0 Å². The smallest absolute Gasteiger partial charge is 0.119 e. The summed E-state index contributed by atoms with van der Waals surface area (Å²) in [5.41, 5.74) is 0.962. The van der Waals surface area contributed by atoms with E-state index < -0.39 is 0 Å². The first-order valence-electron chi connectivity index (χ1n) is 6.54. The minimum absolute atomic E-state index is 0.124. The Morgan fingerprint density at radius 3 is 2.56 bits per heavy atom. The zero-order valence-corrected chi connectivity index (χ0v) is 11.1. The van der Waals surface area contributed by atoms with E-state index in [2.05, 4.69) is 17.1 Å².